The number of carbonyl (C=O) groups is 2. The first kappa shape index (κ1) is 38.3. The summed E-state index contributed by atoms with van der Waals surface area (Å²) in [6.45, 7) is 5.70. The number of ketones is 2. The second-order valence-corrected chi connectivity index (χ2v) is 12.5. The van der Waals surface area contributed by atoms with Crippen LogP contribution in [0.4, 0.5) is 0 Å². The minimum Gasteiger partial charge on any atom is -0.512 e. The standard InChI is InChI=1S/C32H16N8.2C5H8O2.Zr/c1-2-10-18-17(9-1)25-33-26(18)38-28-21-13-5-6-14-22(21)30(35-28)40-32-24-16-8-7-15-23(24)31(36-32)39-29-20-12-4-3-11-19(20)27(34-29)37-25;2*1-4(6)3-5(2)7;/h1-16H;2*3,6H,1-2H3;/q-2;;;+2. The third-order valence-electron chi connectivity index (χ3n) is 8.15. The van der Waals surface area contributed by atoms with Crippen LogP contribution in [0.15, 0.2) is 121 Å². The van der Waals surface area contributed by atoms with Crippen LogP contribution in [0, 0.1) is 0 Å². The summed E-state index contributed by atoms with van der Waals surface area (Å²) in [6.07, 6.45) is 2.33. The number of hydrogen-bond acceptors (Lipinski definition) is 10. The Bertz CT molecular complexity index is 2500. The van der Waals surface area contributed by atoms with Crippen molar-refractivity contribution in [2.75, 3.05) is 0 Å². The number of nitrogens with zero attached hydrogens (tertiary/aromatic N) is 8. The van der Waals surface area contributed by atoms with Gasteiger partial charge in [0.1, 0.15) is 0 Å². The molecule has 2 aliphatic heterocycles. The molecule has 0 unspecified atom stereocenters. The average molecular weight is 804 g/mol. The van der Waals surface area contributed by atoms with Gasteiger partial charge in [-0.1, -0.05) is 97.1 Å². The predicted octanol–water partition coefficient (Wildman–Crippen LogP) is 8.20. The van der Waals surface area contributed by atoms with Crippen LogP contribution in [0.5, 0.6) is 0 Å². The molecule has 2 N–H and O–H groups in total. The van der Waals surface area contributed by atoms with Crippen molar-refractivity contribution in [2.24, 2.45) is 0 Å². The second-order valence-electron chi connectivity index (χ2n) is 12.5. The molecule has 2 aliphatic rings. The van der Waals surface area contributed by atoms with Gasteiger partial charge in [-0.2, -0.15) is 0 Å². The van der Waals surface area contributed by atoms with Crippen LogP contribution in [-0.4, -0.2) is 51.7 Å². The van der Waals surface area contributed by atoms with E-state index in [1.807, 2.05) is 97.1 Å². The van der Waals surface area contributed by atoms with E-state index < -0.39 is 0 Å². The number of aliphatic hydroxyl groups excluding tert-OH is 2. The summed E-state index contributed by atoms with van der Waals surface area (Å²) >= 11 is 0. The fourth-order valence-electron chi connectivity index (χ4n) is 6.05. The first-order valence-electron chi connectivity index (χ1n) is 16.9. The van der Waals surface area contributed by atoms with Gasteiger partial charge in [0.05, 0.1) is 34.8 Å². The van der Waals surface area contributed by atoms with E-state index in [1.165, 1.54) is 39.8 Å². The SMILES string of the molecule is CC(=O)C=C(C)O.CC(=O)C=C(C)O.[Zr+2].c1ccc2c(c1)-c1nc-2nc2[n-]c(nc3nc(nc4[n-]c(n1)c1ccccc41)-c1ccccc1-3)c1ccccc21. The quantitative estimate of drug-likeness (QED) is 0.127. The van der Waals surface area contributed by atoms with Gasteiger partial charge in [-0.25, -0.2) is 9.97 Å². The van der Waals surface area contributed by atoms with Gasteiger partial charge in [0.25, 0.3) is 0 Å². The molecule has 0 spiro atoms. The van der Waals surface area contributed by atoms with E-state index in [2.05, 4.69) is 0 Å². The van der Waals surface area contributed by atoms with E-state index in [1.54, 1.807) is 0 Å². The molecule has 8 bridgehead atoms. The second kappa shape index (κ2) is 16.3. The van der Waals surface area contributed by atoms with Crippen molar-refractivity contribution < 1.29 is 46.0 Å². The van der Waals surface area contributed by atoms with Crippen molar-refractivity contribution in [3.05, 3.63) is 121 Å². The number of aliphatic hydroxyl groups is 2. The summed E-state index contributed by atoms with van der Waals surface area (Å²) in [5.41, 5.74) is 5.78. The van der Waals surface area contributed by atoms with Gasteiger partial charge in [0.2, 0.25) is 0 Å². The van der Waals surface area contributed by atoms with Crippen molar-refractivity contribution in [3.8, 4) is 45.6 Å². The monoisotopic (exact) mass is 802 g/mol. The molecule has 3 aromatic heterocycles. The minimum atomic E-state index is -0.125. The van der Waals surface area contributed by atoms with Crippen LogP contribution in [0.1, 0.15) is 27.7 Å². The molecule has 5 heterocycles. The molecule has 7 aromatic rings. The average Bonchev–Trinajstić information content (AvgIpc) is 3.87. The maximum Gasteiger partial charge on any atom is 2.00 e. The van der Waals surface area contributed by atoms with Gasteiger partial charge in [-0.05, 0) is 49.2 Å². The Balaban J connectivity index is 0.000000296. The Morgan fingerprint density at radius 1 is 0.436 bits per heavy atom. The fourth-order valence-corrected chi connectivity index (χ4v) is 6.05. The number of fused-ring (bicyclic) bond motifs is 20. The third-order valence-corrected chi connectivity index (χ3v) is 8.15. The smallest absolute Gasteiger partial charge is 0.512 e. The summed E-state index contributed by atoms with van der Waals surface area (Å²) in [6, 6.07) is 31.8. The van der Waals surface area contributed by atoms with Gasteiger partial charge in [-0.3, -0.25) is 9.59 Å². The first-order chi connectivity index (χ1) is 26.0. The van der Waals surface area contributed by atoms with Gasteiger partial charge in [-0.15, -0.1) is 0 Å². The molecular formula is C42H32N8O4Zr. The molecular weight excluding hydrogens is 772 g/mol. The molecule has 0 atom stereocenters. The maximum absolute atomic E-state index is 10.0. The minimum absolute atomic E-state index is 0. The van der Waals surface area contributed by atoms with E-state index in [4.69, 9.17) is 50.1 Å². The van der Waals surface area contributed by atoms with E-state index in [0.717, 1.165) is 43.8 Å². The van der Waals surface area contributed by atoms with Gasteiger partial charge >= 0.3 is 26.2 Å². The molecule has 0 saturated carbocycles. The molecule has 12 nitrogen and oxygen atoms in total. The largest absolute Gasteiger partial charge is 2.00 e. The molecule has 0 saturated heterocycles. The van der Waals surface area contributed by atoms with Crippen LogP contribution in [-0.2, 0) is 35.8 Å². The van der Waals surface area contributed by atoms with Gasteiger partial charge in [0.15, 0.2) is 11.6 Å². The van der Waals surface area contributed by atoms with E-state index in [-0.39, 0.29) is 49.3 Å². The molecule has 0 fully saturated rings. The Kier molecular flexibility index (Phi) is 11.3. The van der Waals surface area contributed by atoms with E-state index in [0.29, 0.717) is 45.9 Å². The summed E-state index contributed by atoms with van der Waals surface area (Å²) < 4.78 is 0. The van der Waals surface area contributed by atoms with Crippen LogP contribution < -0.4 is 9.97 Å². The zero-order chi connectivity index (χ0) is 37.9. The molecule has 0 amide bonds. The normalized spacial score (nSPS) is 11.6. The van der Waals surface area contributed by atoms with Crippen molar-refractivity contribution >= 4 is 55.7 Å². The summed E-state index contributed by atoms with van der Waals surface area (Å²) in [7, 11) is 0. The van der Waals surface area contributed by atoms with Crippen molar-refractivity contribution in [3.63, 3.8) is 0 Å². The summed E-state index contributed by atoms with van der Waals surface area (Å²) in [5.74, 6) is 2.08. The molecule has 13 heteroatoms. The third kappa shape index (κ3) is 8.22. The van der Waals surface area contributed by atoms with E-state index >= 15 is 0 Å². The number of allylic oxidation sites excluding steroid dienone is 4. The number of aromatic nitrogens is 8. The Morgan fingerprint density at radius 3 is 0.873 bits per heavy atom. The van der Waals surface area contributed by atoms with Gasteiger partial charge in [0, 0.05) is 57.0 Å². The van der Waals surface area contributed by atoms with Gasteiger partial charge < -0.3 is 40.1 Å². The number of hydrogen-bond donors (Lipinski definition) is 2. The molecule has 55 heavy (non-hydrogen) atoms. The van der Waals surface area contributed by atoms with Crippen molar-refractivity contribution in [1.29, 1.82) is 0 Å². The first-order valence-corrected chi connectivity index (χ1v) is 16.9. The Hall–Kier alpha value is -6.46. The topological polar surface area (TPSA) is 180 Å². The van der Waals surface area contributed by atoms with Crippen LogP contribution in [0.25, 0.3) is 89.7 Å². The van der Waals surface area contributed by atoms with E-state index in [9.17, 15) is 9.59 Å². The number of benzene rings is 4. The van der Waals surface area contributed by atoms with Crippen molar-refractivity contribution in [1.82, 2.24) is 39.9 Å². The fraction of sp³-hybridized carbons (Fsp3) is 0.0952. The number of rotatable bonds is 2. The predicted molar refractivity (Wildman–Crippen MR) is 208 cm³/mol. The maximum atomic E-state index is 10.0. The molecule has 0 radical (unpaired) electrons. The molecule has 0 aliphatic carbocycles. The molecule has 9 rings (SSSR count). The Morgan fingerprint density at radius 2 is 0.673 bits per heavy atom. The van der Waals surface area contributed by atoms with Crippen molar-refractivity contribution in [2.45, 2.75) is 27.7 Å². The Labute approximate surface area is 334 Å². The summed E-state index contributed by atoms with van der Waals surface area (Å²) in [5, 5.41) is 20.3. The van der Waals surface area contributed by atoms with Crippen LogP contribution in [0.2, 0.25) is 0 Å². The zero-order valence-electron chi connectivity index (χ0n) is 30.2. The van der Waals surface area contributed by atoms with Crippen LogP contribution in [0.3, 0.4) is 0 Å². The molecule has 4 aromatic carbocycles. The van der Waals surface area contributed by atoms with Crippen LogP contribution >= 0.6 is 0 Å². The zero-order valence-corrected chi connectivity index (χ0v) is 32.6. The summed E-state index contributed by atoms with van der Waals surface area (Å²) in [4.78, 5) is 59.3. The molecule has 268 valence electrons. The number of carbonyl (C=O) groups excluding carboxylic acids is 2.